The van der Waals surface area contributed by atoms with Gasteiger partial charge in [0.2, 0.25) is 11.8 Å². The molecule has 260 valence electrons. The molecule has 49 heavy (non-hydrogen) atoms. The largest absolute Gasteiger partial charge is 0.493 e. The summed E-state index contributed by atoms with van der Waals surface area (Å²) >= 11 is 12.8. The number of amides is 2. The van der Waals surface area contributed by atoms with Crippen LogP contribution in [0, 0.1) is 11.3 Å². The summed E-state index contributed by atoms with van der Waals surface area (Å²) in [6.45, 7) is 2.57. The van der Waals surface area contributed by atoms with Gasteiger partial charge in [0.1, 0.15) is 11.5 Å². The topological polar surface area (TPSA) is 113 Å². The molecule has 3 aromatic rings. The van der Waals surface area contributed by atoms with Crippen LogP contribution in [0.1, 0.15) is 36.5 Å². The van der Waals surface area contributed by atoms with Crippen LogP contribution in [-0.4, -0.2) is 62.8 Å². The van der Waals surface area contributed by atoms with Crippen LogP contribution in [0.25, 0.3) is 0 Å². The van der Waals surface area contributed by atoms with Crippen LogP contribution in [-0.2, 0) is 48.3 Å². The number of ether oxygens (including phenoxy) is 5. The third kappa shape index (κ3) is 8.05. The van der Waals surface area contributed by atoms with Gasteiger partial charge >= 0.3 is 5.97 Å². The van der Waals surface area contributed by atoms with Gasteiger partial charge in [0.25, 0.3) is 0 Å². The molecule has 10 nitrogen and oxygen atoms in total. The summed E-state index contributed by atoms with van der Waals surface area (Å²) in [5.41, 5.74) is 1.46. The van der Waals surface area contributed by atoms with E-state index in [9.17, 15) is 14.4 Å². The molecule has 0 aromatic heterocycles. The molecule has 2 aliphatic heterocycles. The van der Waals surface area contributed by atoms with Crippen molar-refractivity contribution in [2.75, 3.05) is 27.9 Å². The van der Waals surface area contributed by atoms with Crippen LogP contribution >= 0.6 is 23.2 Å². The van der Waals surface area contributed by atoms with Crippen molar-refractivity contribution in [3.8, 4) is 11.5 Å². The number of carbonyl (C=O) groups excluding carboxylic acids is 3. The lowest BCUT2D eigenvalue weighted by Crippen LogP contribution is -2.60. The van der Waals surface area contributed by atoms with E-state index in [0.29, 0.717) is 39.4 Å². The van der Waals surface area contributed by atoms with Gasteiger partial charge in [-0.2, -0.15) is 0 Å². The first-order valence-electron chi connectivity index (χ1n) is 15.9. The van der Waals surface area contributed by atoms with Gasteiger partial charge in [-0.1, -0.05) is 65.7 Å². The van der Waals surface area contributed by atoms with E-state index in [4.69, 9.17) is 46.9 Å². The number of fused-ring (bicyclic) bond motifs is 1. The van der Waals surface area contributed by atoms with Gasteiger partial charge in [0.05, 0.1) is 47.2 Å². The fourth-order valence-corrected chi connectivity index (χ4v) is 6.96. The molecule has 1 saturated heterocycles. The maximum atomic E-state index is 14.4. The molecule has 12 heteroatoms. The van der Waals surface area contributed by atoms with Gasteiger partial charge in [0, 0.05) is 34.6 Å². The molecular formula is C37H40Cl2N2O8. The number of benzene rings is 3. The summed E-state index contributed by atoms with van der Waals surface area (Å²) in [7, 11) is 4.39. The Kier molecular flexibility index (Phi) is 11.9. The lowest BCUT2D eigenvalue weighted by Gasteiger charge is -2.51. The molecular weight excluding hydrogens is 671 g/mol. The highest BCUT2D eigenvalue weighted by Crippen LogP contribution is 2.51. The van der Waals surface area contributed by atoms with Crippen molar-refractivity contribution in [2.45, 2.75) is 51.7 Å². The SMILES string of the molecule is COC(=O)[C@]12C[C@H](CC(=O)NCc3ccc(OC)c(OC)c3)C(=O)N(Cc3ccc(Cl)cc3Cl)C1=C[C@H](COCc1ccccc1)O[C@@H]2C. The highest BCUT2D eigenvalue weighted by molar-refractivity contribution is 6.35. The van der Waals surface area contributed by atoms with Gasteiger partial charge in [0.15, 0.2) is 11.5 Å². The van der Waals surface area contributed by atoms with Gasteiger partial charge in [-0.05, 0) is 60.4 Å². The van der Waals surface area contributed by atoms with E-state index in [1.165, 1.54) is 19.1 Å². The molecule has 1 N–H and O–H groups in total. The normalized spacial score (nSPS) is 21.8. The first-order valence-corrected chi connectivity index (χ1v) is 16.7. The number of hydrogen-bond donors (Lipinski definition) is 1. The zero-order valence-corrected chi connectivity index (χ0v) is 29.4. The highest BCUT2D eigenvalue weighted by Gasteiger charge is 2.59. The molecule has 2 amide bonds. The van der Waals surface area contributed by atoms with Gasteiger partial charge < -0.3 is 33.9 Å². The minimum Gasteiger partial charge on any atom is -0.493 e. The fraction of sp³-hybridized carbons (Fsp3) is 0.378. The number of rotatable bonds is 13. The quantitative estimate of drug-likeness (QED) is 0.212. The summed E-state index contributed by atoms with van der Waals surface area (Å²) in [4.78, 5) is 43.1. The first kappa shape index (κ1) is 36.2. The Morgan fingerprint density at radius 1 is 0.980 bits per heavy atom. The molecule has 0 radical (unpaired) electrons. The molecule has 5 rings (SSSR count). The second kappa shape index (κ2) is 16.1. The minimum atomic E-state index is -1.38. The first-order chi connectivity index (χ1) is 23.6. The number of carbonyl (C=O) groups is 3. The Morgan fingerprint density at radius 2 is 1.73 bits per heavy atom. The summed E-state index contributed by atoms with van der Waals surface area (Å²) in [5, 5.41) is 3.71. The number of likely N-dealkylation sites (tertiary alicyclic amines) is 1. The number of piperidine rings is 1. The second-order valence-electron chi connectivity index (χ2n) is 12.1. The van der Waals surface area contributed by atoms with Crippen LogP contribution in [0.3, 0.4) is 0 Å². The summed E-state index contributed by atoms with van der Waals surface area (Å²) in [6.07, 6.45) is 0.316. The number of nitrogens with one attached hydrogen (secondary N) is 1. The van der Waals surface area contributed by atoms with Crippen LogP contribution in [0.2, 0.25) is 10.0 Å². The number of nitrogens with zero attached hydrogens (tertiary/aromatic N) is 1. The van der Waals surface area contributed by atoms with Crippen LogP contribution < -0.4 is 14.8 Å². The molecule has 2 aliphatic rings. The summed E-state index contributed by atoms with van der Waals surface area (Å²) in [6, 6.07) is 20.1. The van der Waals surface area contributed by atoms with Crippen molar-refractivity contribution in [1.29, 1.82) is 0 Å². The van der Waals surface area contributed by atoms with Crippen LogP contribution in [0.15, 0.2) is 78.5 Å². The molecule has 3 aromatic carbocycles. The van der Waals surface area contributed by atoms with E-state index in [-0.39, 0.29) is 44.4 Å². The standard InChI is InChI=1S/C37H40Cl2N2O8/c1-23-37(36(44)47-4)18-27(15-34(42)40-19-25-10-13-31(45-2)32(14-25)46-3)35(43)41(20-26-11-12-28(38)16-30(26)39)33(37)17-29(49-23)22-48-21-24-8-6-5-7-9-24/h5-14,16-17,23,27,29H,15,18-22H2,1-4H3,(H,40,42)/t23-,27+,29-,37+/m1/s1. The van der Waals surface area contributed by atoms with E-state index in [1.807, 2.05) is 36.4 Å². The van der Waals surface area contributed by atoms with E-state index < -0.39 is 29.5 Å². The maximum absolute atomic E-state index is 14.4. The lowest BCUT2D eigenvalue weighted by molar-refractivity contribution is -0.178. The Balaban J connectivity index is 1.43. The van der Waals surface area contributed by atoms with E-state index >= 15 is 0 Å². The maximum Gasteiger partial charge on any atom is 0.320 e. The predicted molar refractivity (Wildman–Crippen MR) is 184 cm³/mol. The second-order valence-corrected chi connectivity index (χ2v) is 12.9. The van der Waals surface area contributed by atoms with E-state index in [0.717, 1.165) is 11.1 Å². The number of halogens is 2. The fourth-order valence-electron chi connectivity index (χ4n) is 6.49. The van der Waals surface area contributed by atoms with Gasteiger partial charge in [-0.3, -0.25) is 14.4 Å². The molecule has 0 saturated carbocycles. The number of esters is 1. The summed E-state index contributed by atoms with van der Waals surface area (Å²) < 4.78 is 28.4. The van der Waals surface area contributed by atoms with Crippen molar-refractivity contribution in [1.82, 2.24) is 10.2 Å². The third-order valence-electron chi connectivity index (χ3n) is 9.00. The average molecular weight is 712 g/mol. The molecule has 4 atom stereocenters. The van der Waals surface area contributed by atoms with Crippen molar-refractivity contribution >= 4 is 41.0 Å². The Bertz CT molecular complexity index is 1700. The van der Waals surface area contributed by atoms with Gasteiger partial charge in [-0.15, -0.1) is 0 Å². The van der Waals surface area contributed by atoms with E-state index in [1.54, 1.807) is 50.4 Å². The molecule has 0 aliphatic carbocycles. The Hall–Kier alpha value is -4.09. The average Bonchev–Trinajstić information content (AvgIpc) is 3.10. The minimum absolute atomic E-state index is 0.0116. The summed E-state index contributed by atoms with van der Waals surface area (Å²) in [5.74, 6) is -1.02. The lowest BCUT2D eigenvalue weighted by atomic mass is 9.66. The van der Waals surface area contributed by atoms with Crippen molar-refractivity contribution in [3.05, 3.63) is 105 Å². The molecule has 2 heterocycles. The predicted octanol–water partition coefficient (Wildman–Crippen LogP) is 6.11. The molecule has 0 spiro atoms. The van der Waals surface area contributed by atoms with E-state index in [2.05, 4.69) is 5.32 Å². The molecule has 0 bridgehead atoms. The highest BCUT2D eigenvalue weighted by atomic mass is 35.5. The zero-order chi connectivity index (χ0) is 35.1. The van der Waals surface area contributed by atoms with Crippen LogP contribution in [0.4, 0.5) is 0 Å². The van der Waals surface area contributed by atoms with Crippen LogP contribution in [0.5, 0.6) is 11.5 Å². The number of hydrogen-bond acceptors (Lipinski definition) is 8. The van der Waals surface area contributed by atoms with Crippen molar-refractivity contribution in [2.24, 2.45) is 11.3 Å². The zero-order valence-electron chi connectivity index (χ0n) is 27.9. The smallest absolute Gasteiger partial charge is 0.320 e. The molecule has 1 fully saturated rings. The van der Waals surface area contributed by atoms with Crippen molar-refractivity contribution in [3.63, 3.8) is 0 Å². The number of methoxy groups -OCH3 is 3. The van der Waals surface area contributed by atoms with Gasteiger partial charge in [-0.25, -0.2) is 0 Å². The Labute approximate surface area is 296 Å². The monoisotopic (exact) mass is 710 g/mol. The molecule has 0 unspecified atom stereocenters. The Morgan fingerprint density at radius 3 is 2.43 bits per heavy atom. The van der Waals surface area contributed by atoms with Crippen molar-refractivity contribution < 1.29 is 38.1 Å². The third-order valence-corrected chi connectivity index (χ3v) is 9.59.